The molecular formula is C28H41N3O5S. The van der Waals surface area contributed by atoms with Gasteiger partial charge >= 0.3 is 0 Å². The van der Waals surface area contributed by atoms with Crippen LogP contribution in [0.2, 0.25) is 0 Å². The first-order chi connectivity index (χ1) is 17.8. The second-order valence-electron chi connectivity index (χ2n) is 10.7. The number of hydrogen-bond acceptors (Lipinski definition) is 6. The molecule has 3 fully saturated rings. The van der Waals surface area contributed by atoms with E-state index in [2.05, 4.69) is 17.6 Å². The number of hydrogen-bond donors (Lipinski definition) is 3. The molecule has 9 heteroatoms. The van der Waals surface area contributed by atoms with Crippen molar-refractivity contribution in [2.45, 2.75) is 81.9 Å². The summed E-state index contributed by atoms with van der Waals surface area (Å²) in [5.41, 5.74) is 0.651. The lowest BCUT2D eigenvalue weighted by molar-refractivity contribution is -0.143. The van der Waals surface area contributed by atoms with Crippen LogP contribution in [0, 0.1) is 17.8 Å². The van der Waals surface area contributed by atoms with Crippen LogP contribution in [0.1, 0.15) is 59.8 Å². The zero-order valence-electron chi connectivity index (χ0n) is 22.4. The van der Waals surface area contributed by atoms with Crippen molar-refractivity contribution in [3.63, 3.8) is 0 Å². The summed E-state index contributed by atoms with van der Waals surface area (Å²) in [4.78, 5) is 43.0. The van der Waals surface area contributed by atoms with Crippen LogP contribution >= 0.6 is 11.8 Å². The summed E-state index contributed by atoms with van der Waals surface area (Å²) in [6, 6.07) is 6.06. The summed E-state index contributed by atoms with van der Waals surface area (Å²) in [6.07, 6.45) is 4.46. The highest BCUT2D eigenvalue weighted by Gasteiger charge is 2.74. The van der Waals surface area contributed by atoms with Crippen LogP contribution in [-0.4, -0.2) is 69.6 Å². The Morgan fingerprint density at radius 1 is 1.19 bits per heavy atom. The second kappa shape index (κ2) is 11.6. The predicted octanol–water partition coefficient (Wildman–Crippen LogP) is 3.44. The van der Waals surface area contributed by atoms with E-state index in [1.54, 1.807) is 28.8 Å². The van der Waals surface area contributed by atoms with Gasteiger partial charge in [0.15, 0.2) is 0 Å². The SMILES string of the molecule is CCCCCNC(=O)C1N([C@@H](CO)C(C)C)C(=O)[C@@H]2[C@H](C(=O)Nc3ccc(OCC)cc3)[C@@H]3CCC12S3. The van der Waals surface area contributed by atoms with Crippen molar-refractivity contribution in [2.24, 2.45) is 17.8 Å². The molecule has 2 unspecified atom stereocenters. The van der Waals surface area contributed by atoms with E-state index in [9.17, 15) is 19.5 Å². The van der Waals surface area contributed by atoms with Crippen LogP contribution in [0.4, 0.5) is 5.69 Å². The summed E-state index contributed by atoms with van der Waals surface area (Å²) >= 11 is 1.65. The minimum absolute atomic E-state index is 0.0131. The lowest BCUT2D eigenvalue weighted by Crippen LogP contribution is -2.57. The standard InChI is InChI=1S/C28H41N3O5S/c1-5-7-8-15-29-26(34)24-28-14-13-21(37-28)22(23(28)27(35)31(24)20(16-32)17(3)4)25(33)30-18-9-11-19(12-10-18)36-6-2/h9-12,17,20-24,32H,5-8,13-16H2,1-4H3,(H,29,34)(H,30,33)/t20-,21-,22+,23-,24?,28?/m0/s1. The third-order valence-corrected chi connectivity index (χ3v) is 10.1. The minimum atomic E-state index is -0.690. The van der Waals surface area contributed by atoms with E-state index in [0.717, 1.165) is 31.4 Å². The number of amides is 3. The Labute approximate surface area is 224 Å². The summed E-state index contributed by atoms with van der Waals surface area (Å²) in [5.74, 6) is -0.931. The van der Waals surface area contributed by atoms with Gasteiger partial charge < -0.3 is 25.4 Å². The molecule has 6 atom stereocenters. The highest BCUT2D eigenvalue weighted by atomic mass is 32.2. The Bertz CT molecular complexity index is 987. The van der Waals surface area contributed by atoms with E-state index < -0.39 is 28.7 Å². The highest BCUT2D eigenvalue weighted by Crippen LogP contribution is 2.66. The fourth-order valence-electron chi connectivity index (χ4n) is 6.38. The van der Waals surface area contributed by atoms with Gasteiger partial charge in [0.1, 0.15) is 11.8 Å². The van der Waals surface area contributed by atoms with E-state index in [1.165, 1.54) is 0 Å². The Hall–Kier alpha value is -2.26. The number of carbonyl (C=O) groups excluding carboxylic acids is 3. The van der Waals surface area contributed by atoms with Gasteiger partial charge in [-0.25, -0.2) is 0 Å². The number of likely N-dealkylation sites (tertiary alicyclic amines) is 1. The van der Waals surface area contributed by atoms with E-state index in [1.807, 2.05) is 32.9 Å². The molecule has 37 heavy (non-hydrogen) atoms. The van der Waals surface area contributed by atoms with Crippen molar-refractivity contribution < 1.29 is 24.2 Å². The maximum absolute atomic E-state index is 14.1. The smallest absolute Gasteiger partial charge is 0.244 e. The summed E-state index contributed by atoms with van der Waals surface area (Å²) in [5, 5.41) is 16.3. The molecule has 204 valence electrons. The largest absolute Gasteiger partial charge is 0.494 e. The number of nitrogens with one attached hydrogen (secondary N) is 2. The van der Waals surface area contributed by atoms with Crippen molar-refractivity contribution in [2.75, 3.05) is 25.1 Å². The van der Waals surface area contributed by atoms with Crippen molar-refractivity contribution in [3.8, 4) is 5.75 Å². The molecule has 3 saturated heterocycles. The lowest BCUT2D eigenvalue weighted by atomic mass is 9.70. The zero-order valence-corrected chi connectivity index (χ0v) is 23.2. The van der Waals surface area contributed by atoms with Gasteiger partial charge in [0.2, 0.25) is 17.7 Å². The molecule has 0 radical (unpaired) electrons. The lowest BCUT2D eigenvalue weighted by Gasteiger charge is -2.38. The Balaban J connectivity index is 1.61. The van der Waals surface area contributed by atoms with E-state index >= 15 is 0 Å². The Morgan fingerprint density at radius 2 is 1.92 bits per heavy atom. The number of benzene rings is 1. The molecule has 3 heterocycles. The van der Waals surface area contributed by atoms with Crippen LogP contribution < -0.4 is 15.4 Å². The van der Waals surface area contributed by atoms with Gasteiger partial charge in [-0.2, -0.15) is 0 Å². The van der Waals surface area contributed by atoms with Crippen LogP contribution in [0.5, 0.6) is 5.75 Å². The predicted molar refractivity (Wildman–Crippen MR) is 145 cm³/mol. The zero-order chi connectivity index (χ0) is 26.7. The molecule has 8 nitrogen and oxygen atoms in total. The molecule has 1 spiro atoms. The molecule has 1 aromatic rings. The maximum atomic E-state index is 14.1. The molecule has 0 saturated carbocycles. The molecular weight excluding hydrogens is 490 g/mol. The number of unbranched alkanes of at least 4 members (excludes halogenated alkanes) is 2. The van der Waals surface area contributed by atoms with Crippen molar-refractivity contribution in [1.82, 2.24) is 10.2 Å². The number of nitrogens with zero attached hydrogens (tertiary/aromatic N) is 1. The van der Waals surface area contributed by atoms with Crippen molar-refractivity contribution in [1.29, 1.82) is 0 Å². The Morgan fingerprint density at radius 3 is 2.54 bits per heavy atom. The number of aliphatic hydroxyl groups is 1. The summed E-state index contributed by atoms with van der Waals surface area (Å²) in [6.45, 7) is 8.85. The third-order valence-electron chi connectivity index (χ3n) is 8.12. The molecule has 1 aromatic carbocycles. The van der Waals surface area contributed by atoms with Gasteiger partial charge in [0.05, 0.1) is 35.8 Å². The average Bonchev–Trinajstić information content (AvgIpc) is 3.51. The van der Waals surface area contributed by atoms with Gasteiger partial charge in [-0.05, 0) is 56.4 Å². The van der Waals surface area contributed by atoms with Crippen molar-refractivity contribution in [3.05, 3.63) is 24.3 Å². The van der Waals surface area contributed by atoms with Gasteiger partial charge in [-0.1, -0.05) is 33.6 Å². The first-order valence-corrected chi connectivity index (χ1v) is 14.6. The third kappa shape index (κ3) is 5.09. The maximum Gasteiger partial charge on any atom is 0.244 e. The van der Waals surface area contributed by atoms with Crippen LogP contribution in [-0.2, 0) is 14.4 Å². The highest BCUT2D eigenvalue weighted by molar-refractivity contribution is 8.02. The summed E-state index contributed by atoms with van der Waals surface area (Å²) < 4.78 is 4.84. The average molecular weight is 532 g/mol. The topological polar surface area (TPSA) is 108 Å². The number of thioether (sulfide) groups is 1. The number of anilines is 1. The van der Waals surface area contributed by atoms with Gasteiger partial charge in [-0.3, -0.25) is 14.4 Å². The van der Waals surface area contributed by atoms with Crippen molar-refractivity contribution >= 4 is 35.2 Å². The number of aliphatic hydroxyl groups excluding tert-OH is 1. The van der Waals surface area contributed by atoms with Crippen LogP contribution in [0.3, 0.4) is 0 Å². The van der Waals surface area contributed by atoms with Crippen LogP contribution in [0.25, 0.3) is 0 Å². The first-order valence-electron chi connectivity index (χ1n) is 13.7. The number of carbonyl (C=O) groups is 3. The summed E-state index contributed by atoms with van der Waals surface area (Å²) in [7, 11) is 0. The molecule has 3 amide bonds. The number of ether oxygens (including phenoxy) is 1. The molecule has 2 bridgehead atoms. The molecule has 0 aromatic heterocycles. The minimum Gasteiger partial charge on any atom is -0.494 e. The first kappa shape index (κ1) is 27.8. The molecule has 3 aliphatic rings. The monoisotopic (exact) mass is 531 g/mol. The van der Waals surface area contributed by atoms with Crippen LogP contribution in [0.15, 0.2) is 24.3 Å². The van der Waals surface area contributed by atoms with Gasteiger partial charge in [-0.15, -0.1) is 11.8 Å². The number of rotatable bonds is 12. The fourth-order valence-corrected chi connectivity index (χ4v) is 8.58. The van der Waals surface area contributed by atoms with E-state index in [0.29, 0.717) is 25.3 Å². The van der Waals surface area contributed by atoms with E-state index in [4.69, 9.17) is 4.74 Å². The molecule has 3 N–H and O–H groups in total. The normalized spacial score (nSPS) is 28.9. The van der Waals surface area contributed by atoms with Gasteiger partial charge in [0.25, 0.3) is 0 Å². The Kier molecular flexibility index (Phi) is 8.74. The molecule has 4 rings (SSSR count). The number of fused-ring (bicyclic) bond motifs is 1. The molecule has 0 aliphatic carbocycles. The fraction of sp³-hybridized carbons (Fsp3) is 0.679. The van der Waals surface area contributed by atoms with E-state index in [-0.39, 0.29) is 35.5 Å². The molecule has 3 aliphatic heterocycles. The second-order valence-corrected chi connectivity index (χ2v) is 12.3. The van der Waals surface area contributed by atoms with Gasteiger partial charge in [0, 0.05) is 17.5 Å². The quantitative estimate of drug-likeness (QED) is 0.357.